The third-order valence-corrected chi connectivity index (χ3v) is 2.37. The largest absolute Gasteiger partial charge is 0.391 e. The molecule has 0 aromatic rings. The van der Waals surface area contributed by atoms with E-state index in [-0.39, 0.29) is 6.10 Å². The van der Waals surface area contributed by atoms with Crippen molar-refractivity contribution in [2.45, 2.75) is 59.5 Å². The second-order valence-corrected chi connectivity index (χ2v) is 5.25. The number of aliphatic hydroxyl groups is 1. The first kappa shape index (κ1) is 14.9. The maximum Gasteiger partial charge on any atom is 0.0776 e. The Labute approximate surface area is 95.0 Å². The zero-order valence-corrected chi connectivity index (χ0v) is 10.8. The fourth-order valence-corrected chi connectivity index (χ4v) is 1.59. The van der Waals surface area contributed by atoms with Crippen LogP contribution in [-0.4, -0.2) is 24.4 Å². The van der Waals surface area contributed by atoms with Gasteiger partial charge in [-0.25, -0.2) is 0 Å². The lowest BCUT2D eigenvalue weighted by Crippen LogP contribution is -2.17. The molecule has 0 aromatic carbocycles. The molecular weight excluding hydrogens is 188 g/mol. The van der Waals surface area contributed by atoms with Gasteiger partial charge in [0.1, 0.15) is 0 Å². The number of hydrogen-bond acceptors (Lipinski definition) is 2. The smallest absolute Gasteiger partial charge is 0.0776 e. The van der Waals surface area contributed by atoms with E-state index in [4.69, 9.17) is 4.74 Å². The summed E-state index contributed by atoms with van der Waals surface area (Å²) >= 11 is 0. The highest BCUT2D eigenvalue weighted by Gasteiger charge is 2.06. The molecule has 0 aliphatic heterocycles. The normalized spacial score (nSPS) is 13.8. The molecule has 0 amide bonds. The van der Waals surface area contributed by atoms with Gasteiger partial charge in [0.05, 0.1) is 12.7 Å². The molecule has 0 aromatic heterocycles. The SMILES string of the molecule is CC(C)CCCCOCC(O)CC(C)C. The summed E-state index contributed by atoms with van der Waals surface area (Å²) in [6.07, 6.45) is 4.18. The van der Waals surface area contributed by atoms with E-state index in [1.54, 1.807) is 0 Å². The Kier molecular flexibility index (Phi) is 9.12. The van der Waals surface area contributed by atoms with E-state index in [1.807, 2.05) is 0 Å². The standard InChI is InChI=1S/C13H28O2/c1-11(2)7-5-6-8-15-10-13(14)9-12(3)4/h11-14H,5-10H2,1-4H3. The van der Waals surface area contributed by atoms with Gasteiger partial charge in [0.2, 0.25) is 0 Å². The van der Waals surface area contributed by atoms with Crippen LogP contribution in [-0.2, 0) is 4.74 Å². The summed E-state index contributed by atoms with van der Waals surface area (Å²) in [5.74, 6) is 1.33. The van der Waals surface area contributed by atoms with Crippen molar-refractivity contribution < 1.29 is 9.84 Å². The Bertz CT molecular complexity index is 132. The van der Waals surface area contributed by atoms with Crippen LogP contribution in [0.5, 0.6) is 0 Å². The Morgan fingerprint density at radius 1 is 1.00 bits per heavy atom. The van der Waals surface area contributed by atoms with Crippen LogP contribution >= 0.6 is 0 Å². The lowest BCUT2D eigenvalue weighted by Gasteiger charge is -2.13. The Morgan fingerprint density at radius 2 is 1.67 bits per heavy atom. The number of hydrogen-bond donors (Lipinski definition) is 1. The summed E-state index contributed by atoms with van der Waals surface area (Å²) in [6, 6.07) is 0. The first-order valence-corrected chi connectivity index (χ1v) is 6.28. The van der Waals surface area contributed by atoms with Crippen LogP contribution in [0.3, 0.4) is 0 Å². The summed E-state index contributed by atoms with van der Waals surface area (Å²) in [5, 5.41) is 9.54. The molecule has 1 atom stereocenters. The van der Waals surface area contributed by atoms with E-state index >= 15 is 0 Å². The molecule has 1 N–H and O–H groups in total. The van der Waals surface area contributed by atoms with Crippen molar-refractivity contribution in [2.75, 3.05) is 13.2 Å². The van der Waals surface area contributed by atoms with Crippen molar-refractivity contribution in [1.82, 2.24) is 0 Å². The topological polar surface area (TPSA) is 29.5 Å². The van der Waals surface area contributed by atoms with E-state index < -0.39 is 0 Å². The van der Waals surface area contributed by atoms with Crippen molar-refractivity contribution in [3.63, 3.8) is 0 Å². The van der Waals surface area contributed by atoms with Crippen LogP contribution in [0.15, 0.2) is 0 Å². The third kappa shape index (κ3) is 11.8. The molecule has 0 saturated carbocycles. The summed E-state index contributed by atoms with van der Waals surface area (Å²) in [4.78, 5) is 0. The number of aliphatic hydroxyl groups excluding tert-OH is 1. The molecule has 1 unspecified atom stereocenters. The van der Waals surface area contributed by atoms with E-state index in [0.717, 1.165) is 25.4 Å². The van der Waals surface area contributed by atoms with E-state index in [1.165, 1.54) is 12.8 Å². The predicted octanol–water partition coefficient (Wildman–Crippen LogP) is 3.24. The molecule has 92 valence electrons. The van der Waals surface area contributed by atoms with Crippen LogP contribution in [0.4, 0.5) is 0 Å². The summed E-state index contributed by atoms with van der Waals surface area (Å²) in [6.45, 7) is 10.0. The van der Waals surface area contributed by atoms with E-state index in [9.17, 15) is 5.11 Å². The average molecular weight is 216 g/mol. The lowest BCUT2D eigenvalue weighted by atomic mass is 10.1. The molecule has 0 saturated heterocycles. The Hall–Kier alpha value is -0.0800. The fourth-order valence-electron chi connectivity index (χ4n) is 1.59. The molecule has 0 heterocycles. The lowest BCUT2D eigenvalue weighted by molar-refractivity contribution is 0.0249. The van der Waals surface area contributed by atoms with Crippen LogP contribution in [0.2, 0.25) is 0 Å². The zero-order valence-electron chi connectivity index (χ0n) is 10.8. The number of ether oxygens (including phenoxy) is 1. The first-order chi connectivity index (χ1) is 7.02. The van der Waals surface area contributed by atoms with Gasteiger partial charge in [0.15, 0.2) is 0 Å². The minimum atomic E-state index is -0.282. The minimum Gasteiger partial charge on any atom is -0.391 e. The maximum absolute atomic E-state index is 9.54. The molecule has 2 heteroatoms. The molecule has 0 bridgehead atoms. The fraction of sp³-hybridized carbons (Fsp3) is 1.00. The molecule has 2 nitrogen and oxygen atoms in total. The monoisotopic (exact) mass is 216 g/mol. The van der Waals surface area contributed by atoms with Crippen LogP contribution < -0.4 is 0 Å². The second kappa shape index (κ2) is 9.17. The average Bonchev–Trinajstić information content (AvgIpc) is 2.09. The van der Waals surface area contributed by atoms with Gasteiger partial charge in [-0.1, -0.05) is 40.5 Å². The highest BCUT2D eigenvalue weighted by Crippen LogP contribution is 2.07. The zero-order chi connectivity index (χ0) is 11.7. The molecule has 0 aliphatic rings. The van der Waals surface area contributed by atoms with Gasteiger partial charge >= 0.3 is 0 Å². The van der Waals surface area contributed by atoms with Gasteiger partial charge in [-0.15, -0.1) is 0 Å². The molecule has 0 aliphatic carbocycles. The van der Waals surface area contributed by atoms with Crippen LogP contribution in [0, 0.1) is 11.8 Å². The van der Waals surface area contributed by atoms with E-state index in [2.05, 4.69) is 27.7 Å². The van der Waals surface area contributed by atoms with Crippen molar-refractivity contribution >= 4 is 0 Å². The van der Waals surface area contributed by atoms with Gasteiger partial charge in [0, 0.05) is 6.61 Å². The minimum absolute atomic E-state index is 0.282. The Morgan fingerprint density at radius 3 is 2.20 bits per heavy atom. The maximum atomic E-state index is 9.54. The van der Waals surface area contributed by atoms with Crippen LogP contribution in [0.25, 0.3) is 0 Å². The first-order valence-electron chi connectivity index (χ1n) is 6.28. The Balaban J connectivity index is 3.16. The van der Waals surface area contributed by atoms with Crippen molar-refractivity contribution in [1.29, 1.82) is 0 Å². The van der Waals surface area contributed by atoms with Gasteiger partial charge in [0.25, 0.3) is 0 Å². The molecule has 0 rings (SSSR count). The van der Waals surface area contributed by atoms with Gasteiger partial charge in [-0.05, 0) is 24.7 Å². The van der Waals surface area contributed by atoms with Gasteiger partial charge in [-0.2, -0.15) is 0 Å². The highest BCUT2D eigenvalue weighted by atomic mass is 16.5. The molecule has 0 fully saturated rings. The molecule has 0 radical (unpaired) electrons. The third-order valence-electron chi connectivity index (χ3n) is 2.37. The molecule has 15 heavy (non-hydrogen) atoms. The second-order valence-electron chi connectivity index (χ2n) is 5.25. The number of rotatable bonds is 9. The van der Waals surface area contributed by atoms with Gasteiger partial charge < -0.3 is 9.84 Å². The quantitative estimate of drug-likeness (QED) is 0.600. The highest BCUT2D eigenvalue weighted by molar-refractivity contribution is 4.56. The van der Waals surface area contributed by atoms with E-state index in [0.29, 0.717) is 12.5 Å². The van der Waals surface area contributed by atoms with Crippen LogP contribution in [0.1, 0.15) is 53.4 Å². The summed E-state index contributed by atoms with van der Waals surface area (Å²) in [7, 11) is 0. The summed E-state index contributed by atoms with van der Waals surface area (Å²) in [5.41, 5.74) is 0. The molecule has 0 spiro atoms. The van der Waals surface area contributed by atoms with Crippen molar-refractivity contribution in [2.24, 2.45) is 11.8 Å². The number of unbranched alkanes of at least 4 members (excludes halogenated alkanes) is 1. The summed E-state index contributed by atoms with van der Waals surface area (Å²) < 4.78 is 5.43. The van der Waals surface area contributed by atoms with Crippen molar-refractivity contribution in [3.05, 3.63) is 0 Å². The molecular formula is C13H28O2. The van der Waals surface area contributed by atoms with Crippen molar-refractivity contribution in [3.8, 4) is 0 Å². The van der Waals surface area contributed by atoms with Gasteiger partial charge in [-0.3, -0.25) is 0 Å². The predicted molar refractivity (Wildman–Crippen MR) is 65.0 cm³/mol.